The number of benzene rings is 1. The molecule has 134 valence electrons. The normalized spacial score (nSPS) is 16.7. The molecule has 0 atom stereocenters. The smallest absolute Gasteiger partial charge is 0.330 e. The highest BCUT2D eigenvalue weighted by atomic mass is 16.4. The minimum Gasteiger partial charge on any atom is -0.479 e. The van der Waals surface area contributed by atoms with Crippen molar-refractivity contribution in [3.8, 4) is 0 Å². The molecule has 8 nitrogen and oxygen atoms in total. The van der Waals surface area contributed by atoms with Crippen molar-refractivity contribution >= 4 is 28.8 Å². The van der Waals surface area contributed by atoms with Gasteiger partial charge in [-0.05, 0) is 31.9 Å². The summed E-state index contributed by atoms with van der Waals surface area (Å²) in [5.41, 5.74) is 7.32. The van der Waals surface area contributed by atoms with Crippen LogP contribution in [0.15, 0.2) is 36.8 Å². The van der Waals surface area contributed by atoms with Crippen molar-refractivity contribution in [2.45, 2.75) is 25.3 Å². The molecule has 0 saturated carbocycles. The van der Waals surface area contributed by atoms with E-state index in [2.05, 4.69) is 15.0 Å². The monoisotopic (exact) mass is 352 g/mol. The van der Waals surface area contributed by atoms with E-state index in [0.29, 0.717) is 37.7 Å². The Hall–Kier alpha value is -3.16. The Morgan fingerprint density at radius 1 is 1.23 bits per heavy atom. The van der Waals surface area contributed by atoms with Gasteiger partial charge in [-0.2, -0.15) is 4.98 Å². The van der Waals surface area contributed by atoms with Crippen LogP contribution in [0, 0.1) is 6.92 Å². The molecule has 2 aromatic heterocycles. The number of aliphatic carboxylic acids is 1. The summed E-state index contributed by atoms with van der Waals surface area (Å²) < 4.78 is 1.80. The van der Waals surface area contributed by atoms with E-state index in [9.17, 15) is 9.90 Å². The number of nitrogens with two attached hydrogens (primary N) is 1. The number of imidazole rings is 1. The fraction of sp³-hybridized carbons (Fsp3) is 0.333. The van der Waals surface area contributed by atoms with Crippen LogP contribution in [0.1, 0.15) is 18.4 Å². The van der Waals surface area contributed by atoms with E-state index in [0.717, 1.165) is 16.6 Å². The van der Waals surface area contributed by atoms with Crippen molar-refractivity contribution in [1.82, 2.24) is 19.5 Å². The number of aromatic nitrogens is 4. The van der Waals surface area contributed by atoms with Crippen LogP contribution in [0.25, 0.3) is 11.0 Å². The van der Waals surface area contributed by atoms with Crippen LogP contribution < -0.4 is 10.6 Å². The van der Waals surface area contributed by atoms with Crippen LogP contribution in [-0.2, 0) is 10.3 Å². The summed E-state index contributed by atoms with van der Waals surface area (Å²) in [6, 6.07) is 7.59. The number of hydrogen-bond acceptors (Lipinski definition) is 6. The molecule has 1 aliphatic heterocycles. The summed E-state index contributed by atoms with van der Waals surface area (Å²) in [5.74, 6) is 0.151. The molecule has 0 bridgehead atoms. The minimum absolute atomic E-state index is 0.430. The zero-order valence-corrected chi connectivity index (χ0v) is 14.5. The van der Waals surface area contributed by atoms with E-state index < -0.39 is 11.5 Å². The number of rotatable bonds is 3. The first kappa shape index (κ1) is 16.3. The lowest BCUT2D eigenvalue weighted by atomic mass is 9.87. The van der Waals surface area contributed by atoms with Crippen LogP contribution >= 0.6 is 0 Å². The van der Waals surface area contributed by atoms with Crippen LogP contribution in [0.5, 0.6) is 0 Å². The van der Waals surface area contributed by atoms with E-state index in [-0.39, 0.29) is 0 Å². The number of hydrogen-bond donors (Lipinski definition) is 2. The third-order valence-corrected chi connectivity index (χ3v) is 5.18. The second-order valence-corrected chi connectivity index (χ2v) is 6.67. The second kappa shape index (κ2) is 5.98. The lowest BCUT2D eigenvalue weighted by molar-refractivity contribution is -0.148. The lowest BCUT2D eigenvalue weighted by Crippen LogP contribution is -2.51. The molecule has 1 aliphatic rings. The first-order valence-corrected chi connectivity index (χ1v) is 8.51. The Balaban J connectivity index is 1.66. The molecule has 3 heterocycles. The maximum atomic E-state index is 12.2. The summed E-state index contributed by atoms with van der Waals surface area (Å²) in [5, 5.41) is 10.0. The fourth-order valence-corrected chi connectivity index (χ4v) is 3.53. The Bertz CT molecular complexity index is 975. The zero-order chi connectivity index (χ0) is 18.3. The summed E-state index contributed by atoms with van der Waals surface area (Å²) in [6.07, 6.45) is 4.19. The Morgan fingerprint density at radius 2 is 1.96 bits per heavy atom. The van der Waals surface area contributed by atoms with Gasteiger partial charge < -0.3 is 20.3 Å². The van der Waals surface area contributed by atoms with Gasteiger partial charge in [-0.25, -0.2) is 14.8 Å². The quantitative estimate of drug-likeness (QED) is 0.739. The summed E-state index contributed by atoms with van der Waals surface area (Å²) in [6.45, 7) is 2.91. The zero-order valence-electron chi connectivity index (χ0n) is 14.5. The molecule has 4 rings (SSSR count). The van der Waals surface area contributed by atoms with Gasteiger partial charge >= 0.3 is 5.97 Å². The first-order chi connectivity index (χ1) is 12.5. The van der Waals surface area contributed by atoms with Crippen molar-refractivity contribution in [2.24, 2.45) is 0 Å². The van der Waals surface area contributed by atoms with E-state index in [1.807, 2.05) is 36.1 Å². The van der Waals surface area contributed by atoms with Gasteiger partial charge in [0.2, 0.25) is 5.95 Å². The fourth-order valence-electron chi connectivity index (χ4n) is 3.53. The summed E-state index contributed by atoms with van der Waals surface area (Å²) >= 11 is 0. The molecule has 0 spiro atoms. The number of carboxylic acid groups (broad SMARTS) is 1. The van der Waals surface area contributed by atoms with Gasteiger partial charge in [-0.1, -0.05) is 12.1 Å². The van der Waals surface area contributed by atoms with Crippen LogP contribution in [0.4, 0.5) is 11.8 Å². The molecule has 1 aromatic carbocycles. The van der Waals surface area contributed by atoms with E-state index >= 15 is 0 Å². The van der Waals surface area contributed by atoms with Crippen LogP contribution in [-0.4, -0.2) is 43.7 Å². The average Bonchev–Trinajstić information content (AvgIpc) is 3.08. The Kier molecular flexibility index (Phi) is 3.75. The van der Waals surface area contributed by atoms with Gasteiger partial charge in [0.15, 0.2) is 0 Å². The molecule has 0 aliphatic carbocycles. The predicted molar refractivity (Wildman–Crippen MR) is 98.0 cm³/mol. The van der Waals surface area contributed by atoms with E-state index in [4.69, 9.17) is 5.73 Å². The van der Waals surface area contributed by atoms with Gasteiger partial charge in [-0.3, -0.25) is 0 Å². The highest BCUT2D eigenvalue weighted by Gasteiger charge is 2.44. The number of aryl methyl sites for hydroxylation is 1. The molecule has 8 heteroatoms. The van der Waals surface area contributed by atoms with Crippen molar-refractivity contribution < 1.29 is 9.90 Å². The Labute approximate surface area is 150 Å². The van der Waals surface area contributed by atoms with Crippen molar-refractivity contribution in [3.63, 3.8) is 0 Å². The molecular weight excluding hydrogens is 332 g/mol. The second-order valence-electron chi connectivity index (χ2n) is 6.67. The van der Waals surface area contributed by atoms with E-state index in [1.165, 1.54) is 0 Å². The van der Waals surface area contributed by atoms with Gasteiger partial charge in [0.05, 0.1) is 17.4 Å². The predicted octanol–water partition coefficient (Wildman–Crippen LogP) is 1.80. The van der Waals surface area contributed by atoms with Gasteiger partial charge in [0, 0.05) is 24.8 Å². The molecular formula is C18H20N6O2. The lowest BCUT2D eigenvalue weighted by Gasteiger charge is -2.40. The number of fused-ring (bicyclic) bond motifs is 1. The van der Waals surface area contributed by atoms with Crippen molar-refractivity contribution in [2.75, 3.05) is 23.7 Å². The average molecular weight is 352 g/mol. The third kappa shape index (κ3) is 2.45. The number of nitrogen functional groups attached to an aromatic ring is 1. The number of carbonyl (C=O) groups is 1. The molecule has 0 radical (unpaired) electrons. The largest absolute Gasteiger partial charge is 0.479 e. The highest BCUT2D eigenvalue weighted by Crippen LogP contribution is 2.34. The number of carboxylic acids is 1. The highest BCUT2D eigenvalue weighted by molar-refractivity contribution is 5.82. The summed E-state index contributed by atoms with van der Waals surface area (Å²) in [7, 11) is 0. The number of piperidine rings is 1. The number of para-hydroxylation sites is 2. The first-order valence-electron chi connectivity index (χ1n) is 8.51. The maximum Gasteiger partial charge on any atom is 0.330 e. The van der Waals surface area contributed by atoms with E-state index in [1.54, 1.807) is 17.1 Å². The number of anilines is 2. The standard InChI is InChI=1S/C18H20N6O2/c1-12-10-20-17(22-15(12)19)23-8-6-18(7-9-23,16(25)26)24-11-21-13-4-2-3-5-14(13)24/h2-5,10-11H,6-9H2,1H3,(H,25,26)(H2,19,20,22). The minimum atomic E-state index is -1.02. The van der Waals surface area contributed by atoms with Crippen molar-refractivity contribution in [1.29, 1.82) is 0 Å². The topological polar surface area (TPSA) is 110 Å². The van der Waals surface area contributed by atoms with Crippen molar-refractivity contribution in [3.05, 3.63) is 42.4 Å². The Morgan fingerprint density at radius 3 is 2.65 bits per heavy atom. The van der Waals surface area contributed by atoms with Gasteiger partial charge in [0.1, 0.15) is 11.4 Å². The van der Waals surface area contributed by atoms with Gasteiger partial charge in [-0.15, -0.1) is 0 Å². The molecule has 26 heavy (non-hydrogen) atoms. The van der Waals surface area contributed by atoms with Crippen LogP contribution in [0.3, 0.4) is 0 Å². The van der Waals surface area contributed by atoms with Gasteiger partial charge in [0.25, 0.3) is 0 Å². The maximum absolute atomic E-state index is 12.2. The molecule has 1 fully saturated rings. The molecule has 0 unspecified atom stereocenters. The number of nitrogens with zero attached hydrogens (tertiary/aromatic N) is 5. The molecule has 3 aromatic rings. The molecule has 1 saturated heterocycles. The van der Waals surface area contributed by atoms with Crippen LogP contribution in [0.2, 0.25) is 0 Å². The third-order valence-electron chi connectivity index (χ3n) is 5.18. The molecule has 0 amide bonds. The molecule has 3 N–H and O–H groups in total. The SMILES string of the molecule is Cc1cnc(N2CCC(C(=O)O)(n3cnc4ccccc43)CC2)nc1N. The summed E-state index contributed by atoms with van der Waals surface area (Å²) in [4.78, 5) is 27.3.